The molecule has 2 amide bonds. The molecule has 35 heavy (non-hydrogen) atoms. The molecule has 3 fully saturated rings. The van der Waals surface area contributed by atoms with Crippen LogP contribution in [0.4, 0.5) is 10.5 Å². The first-order chi connectivity index (χ1) is 17.0. The van der Waals surface area contributed by atoms with Crippen LogP contribution in [0.2, 0.25) is 0 Å². The Kier molecular flexibility index (Phi) is 7.09. The minimum atomic E-state index is -0.132. The molecule has 6 heteroatoms. The standard InChI is InChI=1S/C29H37N3O3/c1-3-35-29(34)32-26-13-14-27(32)20-28(19-26)30-17-15-25(16-18-30)31(21(2)33)24-11-9-23(10-12-24)22-7-5-4-6-8-22/h4-12,25-28H,3,13-20H2,1-2H3. The van der Waals surface area contributed by atoms with Gasteiger partial charge in [0.15, 0.2) is 0 Å². The number of amides is 2. The summed E-state index contributed by atoms with van der Waals surface area (Å²) in [7, 11) is 0. The molecule has 0 radical (unpaired) electrons. The van der Waals surface area contributed by atoms with Crippen LogP contribution >= 0.6 is 0 Å². The van der Waals surface area contributed by atoms with Gasteiger partial charge in [0.2, 0.25) is 5.91 Å². The van der Waals surface area contributed by atoms with Crippen LogP contribution in [0.5, 0.6) is 0 Å². The number of nitrogens with zero attached hydrogens (tertiary/aromatic N) is 3. The summed E-state index contributed by atoms with van der Waals surface area (Å²) in [5, 5.41) is 0. The van der Waals surface area contributed by atoms with Crippen molar-refractivity contribution < 1.29 is 14.3 Å². The third kappa shape index (κ3) is 4.94. The third-order valence-electron chi connectivity index (χ3n) is 8.16. The number of piperidine rings is 2. The lowest BCUT2D eigenvalue weighted by Gasteiger charge is -2.46. The van der Waals surface area contributed by atoms with Crippen molar-refractivity contribution in [1.82, 2.24) is 9.80 Å². The molecule has 2 unspecified atom stereocenters. The number of hydrogen-bond donors (Lipinski definition) is 0. The summed E-state index contributed by atoms with van der Waals surface area (Å²) >= 11 is 0. The van der Waals surface area contributed by atoms with E-state index in [2.05, 4.69) is 41.3 Å². The summed E-state index contributed by atoms with van der Waals surface area (Å²) in [5.74, 6) is 0.108. The fraction of sp³-hybridized carbons (Fsp3) is 0.517. The molecule has 0 saturated carbocycles. The Balaban J connectivity index is 1.21. The minimum Gasteiger partial charge on any atom is -0.450 e. The number of fused-ring (bicyclic) bond motifs is 2. The maximum Gasteiger partial charge on any atom is 0.410 e. The SMILES string of the molecule is CCOC(=O)N1C2CCC1CC(N1CCC(N(C(C)=O)c3ccc(-c4ccccc4)cc3)CC1)C2. The highest BCUT2D eigenvalue weighted by molar-refractivity contribution is 5.92. The number of carbonyl (C=O) groups is 2. The van der Waals surface area contributed by atoms with Crippen LogP contribution in [0.3, 0.4) is 0 Å². The minimum absolute atomic E-state index is 0.108. The normalized spacial score (nSPS) is 24.9. The Hall–Kier alpha value is -2.86. The number of benzene rings is 2. The van der Waals surface area contributed by atoms with Crippen molar-refractivity contribution in [3.8, 4) is 11.1 Å². The van der Waals surface area contributed by atoms with E-state index in [1.807, 2.05) is 34.9 Å². The fourth-order valence-corrected chi connectivity index (χ4v) is 6.55. The van der Waals surface area contributed by atoms with Gasteiger partial charge in [-0.2, -0.15) is 0 Å². The second kappa shape index (κ2) is 10.4. The lowest BCUT2D eigenvalue weighted by Crippen LogP contribution is -2.55. The molecule has 2 atom stereocenters. The number of anilines is 1. The Bertz CT molecular complexity index is 1000. The first kappa shape index (κ1) is 23.9. The lowest BCUT2D eigenvalue weighted by atomic mass is 9.93. The maximum atomic E-state index is 12.7. The van der Waals surface area contributed by atoms with Crippen molar-refractivity contribution in [3.63, 3.8) is 0 Å². The number of likely N-dealkylation sites (tertiary alicyclic amines) is 1. The van der Waals surface area contributed by atoms with Gasteiger partial charge in [-0.05, 0) is 68.7 Å². The van der Waals surface area contributed by atoms with Gasteiger partial charge in [0, 0.05) is 49.9 Å². The number of carbonyl (C=O) groups excluding carboxylic acids is 2. The molecule has 0 aromatic heterocycles. The van der Waals surface area contributed by atoms with Gasteiger partial charge in [0.1, 0.15) is 0 Å². The van der Waals surface area contributed by atoms with Gasteiger partial charge in [0.25, 0.3) is 0 Å². The van der Waals surface area contributed by atoms with Crippen LogP contribution < -0.4 is 4.90 Å². The number of hydrogen-bond acceptors (Lipinski definition) is 4. The molecule has 3 aliphatic heterocycles. The van der Waals surface area contributed by atoms with Crippen LogP contribution in [-0.2, 0) is 9.53 Å². The summed E-state index contributed by atoms with van der Waals surface area (Å²) < 4.78 is 5.32. The molecule has 0 spiro atoms. The summed E-state index contributed by atoms with van der Waals surface area (Å²) in [6.45, 7) is 5.99. The Morgan fingerprint density at radius 1 is 0.857 bits per heavy atom. The van der Waals surface area contributed by atoms with Crippen LogP contribution in [0.1, 0.15) is 52.4 Å². The molecule has 3 saturated heterocycles. The molecule has 0 aliphatic carbocycles. The van der Waals surface area contributed by atoms with Crippen LogP contribution in [0.25, 0.3) is 11.1 Å². The first-order valence-electron chi connectivity index (χ1n) is 13.2. The molecule has 0 N–H and O–H groups in total. The van der Waals surface area contributed by atoms with E-state index < -0.39 is 0 Å². The van der Waals surface area contributed by atoms with E-state index in [0.29, 0.717) is 24.7 Å². The van der Waals surface area contributed by atoms with E-state index in [1.165, 1.54) is 5.56 Å². The first-order valence-corrected chi connectivity index (χ1v) is 13.2. The monoisotopic (exact) mass is 475 g/mol. The Labute approximate surface area is 208 Å². The molecule has 2 bridgehead atoms. The zero-order chi connectivity index (χ0) is 24.4. The quantitative estimate of drug-likeness (QED) is 0.587. The van der Waals surface area contributed by atoms with E-state index in [9.17, 15) is 9.59 Å². The highest BCUT2D eigenvalue weighted by Crippen LogP contribution is 2.39. The molecule has 2 aromatic carbocycles. The van der Waals surface area contributed by atoms with E-state index in [1.54, 1.807) is 6.92 Å². The second-order valence-electron chi connectivity index (χ2n) is 10.2. The van der Waals surface area contributed by atoms with E-state index >= 15 is 0 Å². The van der Waals surface area contributed by atoms with Crippen molar-refractivity contribution in [3.05, 3.63) is 54.6 Å². The molecule has 3 aliphatic rings. The smallest absolute Gasteiger partial charge is 0.410 e. The average Bonchev–Trinajstić information content (AvgIpc) is 3.15. The Morgan fingerprint density at radius 3 is 2.03 bits per heavy atom. The van der Waals surface area contributed by atoms with Crippen molar-refractivity contribution in [2.45, 2.75) is 76.5 Å². The van der Waals surface area contributed by atoms with Gasteiger partial charge in [-0.25, -0.2) is 4.79 Å². The maximum absolute atomic E-state index is 12.7. The zero-order valence-electron chi connectivity index (χ0n) is 20.9. The molecule has 2 aromatic rings. The van der Waals surface area contributed by atoms with Crippen molar-refractivity contribution in [2.24, 2.45) is 0 Å². The molecule has 3 heterocycles. The molecule has 6 nitrogen and oxygen atoms in total. The molecular weight excluding hydrogens is 438 g/mol. The number of ether oxygens (including phenoxy) is 1. The predicted octanol–water partition coefficient (Wildman–Crippen LogP) is 5.32. The van der Waals surface area contributed by atoms with Crippen LogP contribution in [0.15, 0.2) is 54.6 Å². The van der Waals surface area contributed by atoms with E-state index in [0.717, 1.165) is 62.9 Å². The molecule has 5 rings (SSSR count). The second-order valence-corrected chi connectivity index (χ2v) is 10.2. The predicted molar refractivity (Wildman–Crippen MR) is 138 cm³/mol. The lowest BCUT2D eigenvalue weighted by molar-refractivity contribution is -0.117. The van der Waals surface area contributed by atoms with Crippen molar-refractivity contribution >= 4 is 17.7 Å². The zero-order valence-corrected chi connectivity index (χ0v) is 20.9. The fourth-order valence-electron chi connectivity index (χ4n) is 6.55. The van der Waals surface area contributed by atoms with Gasteiger partial charge in [-0.15, -0.1) is 0 Å². The van der Waals surface area contributed by atoms with Gasteiger partial charge in [0.05, 0.1) is 6.61 Å². The van der Waals surface area contributed by atoms with Gasteiger partial charge >= 0.3 is 6.09 Å². The van der Waals surface area contributed by atoms with Crippen molar-refractivity contribution in [2.75, 3.05) is 24.6 Å². The molecule has 186 valence electrons. The van der Waals surface area contributed by atoms with E-state index in [4.69, 9.17) is 4.74 Å². The van der Waals surface area contributed by atoms with Crippen molar-refractivity contribution in [1.29, 1.82) is 0 Å². The van der Waals surface area contributed by atoms with Gasteiger partial charge in [-0.3, -0.25) is 4.79 Å². The highest BCUT2D eigenvalue weighted by Gasteiger charge is 2.46. The summed E-state index contributed by atoms with van der Waals surface area (Å²) in [5.41, 5.74) is 3.33. The summed E-state index contributed by atoms with van der Waals surface area (Å²) in [6.07, 6.45) is 6.09. The van der Waals surface area contributed by atoms with Crippen LogP contribution in [0, 0.1) is 0 Å². The van der Waals surface area contributed by atoms with Gasteiger partial charge < -0.3 is 19.4 Å². The summed E-state index contributed by atoms with van der Waals surface area (Å²) in [6, 6.07) is 20.1. The Morgan fingerprint density at radius 2 is 1.46 bits per heavy atom. The third-order valence-corrected chi connectivity index (χ3v) is 8.16. The van der Waals surface area contributed by atoms with E-state index in [-0.39, 0.29) is 18.0 Å². The topological polar surface area (TPSA) is 53.1 Å². The van der Waals surface area contributed by atoms with Crippen LogP contribution in [-0.4, -0.2) is 65.7 Å². The summed E-state index contributed by atoms with van der Waals surface area (Å²) in [4.78, 5) is 31.7. The average molecular weight is 476 g/mol. The largest absolute Gasteiger partial charge is 0.450 e. The number of rotatable bonds is 5. The highest BCUT2D eigenvalue weighted by atomic mass is 16.6. The van der Waals surface area contributed by atoms with Gasteiger partial charge in [-0.1, -0.05) is 42.5 Å². The molecular formula is C29H37N3O3.